The summed E-state index contributed by atoms with van der Waals surface area (Å²) in [5.74, 6) is 2.70. The van der Waals surface area contributed by atoms with Gasteiger partial charge in [-0.25, -0.2) is 9.97 Å². The molecule has 0 saturated heterocycles. The van der Waals surface area contributed by atoms with Gasteiger partial charge in [-0.3, -0.25) is 4.79 Å². The zero-order chi connectivity index (χ0) is 23.4. The molecule has 0 aliphatic heterocycles. The van der Waals surface area contributed by atoms with E-state index in [0.29, 0.717) is 11.8 Å². The Balaban J connectivity index is 1.39. The van der Waals surface area contributed by atoms with Gasteiger partial charge >= 0.3 is 0 Å². The lowest BCUT2D eigenvalue weighted by Gasteiger charge is -2.29. The molecule has 1 saturated carbocycles. The molecule has 4 rings (SSSR count). The fraction of sp³-hybridized carbons (Fsp3) is 0.481. The lowest BCUT2D eigenvalue weighted by Crippen LogP contribution is -2.33. The van der Waals surface area contributed by atoms with Gasteiger partial charge in [-0.05, 0) is 51.0 Å². The molecular weight excluding hydrogens is 412 g/mol. The molecule has 1 amide bonds. The van der Waals surface area contributed by atoms with E-state index in [9.17, 15) is 4.79 Å². The lowest BCUT2D eigenvalue weighted by atomic mass is 9.79. The predicted molar refractivity (Wildman–Crippen MR) is 129 cm³/mol. The minimum atomic E-state index is -0.133. The molecule has 6 heteroatoms. The number of nitrogens with zero attached hydrogens (tertiary/aromatic N) is 3. The highest BCUT2D eigenvalue weighted by Gasteiger charge is 2.28. The van der Waals surface area contributed by atoms with Crippen molar-refractivity contribution in [2.45, 2.75) is 71.1 Å². The maximum absolute atomic E-state index is 12.6. The number of aromatic nitrogens is 3. The van der Waals surface area contributed by atoms with Crippen LogP contribution in [0, 0.1) is 12.8 Å². The summed E-state index contributed by atoms with van der Waals surface area (Å²) in [6, 6.07) is 11.9. The van der Waals surface area contributed by atoms with Crippen LogP contribution in [0.1, 0.15) is 87.0 Å². The van der Waals surface area contributed by atoms with Crippen LogP contribution in [0.4, 0.5) is 0 Å². The Hall–Kier alpha value is -3.02. The normalized spacial score (nSPS) is 19.4. The summed E-state index contributed by atoms with van der Waals surface area (Å²) in [6.07, 6.45) is 6.13. The van der Waals surface area contributed by atoms with Gasteiger partial charge in [0.1, 0.15) is 5.82 Å². The van der Waals surface area contributed by atoms with Crippen molar-refractivity contribution in [1.29, 1.82) is 0 Å². The Bertz CT molecular complexity index is 1070. The van der Waals surface area contributed by atoms with E-state index in [1.54, 1.807) is 0 Å². The highest BCUT2D eigenvalue weighted by molar-refractivity contribution is 5.83. The summed E-state index contributed by atoms with van der Waals surface area (Å²) in [5.41, 5.74) is 3.94. The van der Waals surface area contributed by atoms with E-state index in [1.807, 2.05) is 56.4 Å². The molecule has 1 aliphatic carbocycles. The fourth-order valence-corrected chi connectivity index (χ4v) is 4.61. The molecule has 0 radical (unpaired) electrons. The topological polar surface area (TPSA) is 80.9 Å². The van der Waals surface area contributed by atoms with Gasteiger partial charge in [0, 0.05) is 30.6 Å². The second-order valence-corrected chi connectivity index (χ2v) is 9.61. The average molecular weight is 447 g/mol. The number of nitrogens with one attached hydrogen (secondary N) is 1. The molecule has 6 nitrogen and oxygen atoms in total. The second kappa shape index (κ2) is 10.3. The number of amides is 1. The maximum Gasteiger partial charge on any atom is 0.227 e. The third kappa shape index (κ3) is 5.49. The van der Waals surface area contributed by atoms with Crippen molar-refractivity contribution in [2.75, 3.05) is 6.54 Å². The van der Waals surface area contributed by atoms with Crippen LogP contribution in [0.2, 0.25) is 0 Å². The molecule has 1 fully saturated rings. The first-order valence-corrected chi connectivity index (χ1v) is 12.1. The molecule has 0 unspecified atom stereocenters. The van der Waals surface area contributed by atoms with Crippen LogP contribution in [-0.2, 0) is 4.79 Å². The molecule has 1 aromatic carbocycles. The van der Waals surface area contributed by atoms with Crippen LogP contribution < -0.4 is 5.32 Å². The average Bonchev–Trinajstić information content (AvgIpc) is 3.28. The monoisotopic (exact) mass is 446 g/mol. The van der Waals surface area contributed by atoms with Gasteiger partial charge < -0.3 is 9.84 Å². The van der Waals surface area contributed by atoms with Gasteiger partial charge in [0.2, 0.25) is 5.91 Å². The molecule has 174 valence electrons. The summed E-state index contributed by atoms with van der Waals surface area (Å²) in [5, 5.41) is 7.24. The van der Waals surface area contributed by atoms with Gasteiger partial charge in [-0.15, -0.1) is 0 Å². The standard InChI is InChI=1S/C27H34N4O2/c1-17(2)26-28-16-23(24-14-18(3)31-33-24)25(30-26)22-12-10-20(11-13-22)15-29-27(32)19(4)21-8-6-5-7-9-21/h5-9,14,16-17,19-20,22H,10-13,15H2,1-4H3,(H,29,32)/t19-,20?,22?/m0/s1. The van der Waals surface area contributed by atoms with E-state index >= 15 is 0 Å². The first-order chi connectivity index (χ1) is 15.9. The van der Waals surface area contributed by atoms with E-state index in [1.165, 1.54) is 0 Å². The molecule has 0 bridgehead atoms. The van der Waals surface area contributed by atoms with Crippen molar-refractivity contribution in [3.63, 3.8) is 0 Å². The molecule has 1 atom stereocenters. The van der Waals surface area contributed by atoms with Gasteiger partial charge in [0.05, 0.1) is 22.9 Å². The summed E-state index contributed by atoms with van der Waals surface area (Å²) in [6.45, 7) is 8.86. The van der Waals surface area contributed by atoms with Crippen molar-refractivity contribution in [1.82, 2.24) is 20.4 Å². The maximum atomic E-state index is 12.6. The number of hydrogen-bond acceptors (Lipinski definition) is 5. The molecule has 0 spiro atoms. The van der Waals surface area contributed by atoms with Crippen LogP contribution in [0.15, 0.2) is 47.1 Å². The van der Waals surface area contributed by atoms with Crippen molar-refractivity contribution in [2.24, 2.45) is 5.92 Å². The number of hydrogen-bond donors (Lipinski definition) is 1. The largest absolute Gasteiger partial charge is 0.356 e. The second-order valence-electron chi connectivity index (χ2n) is 9.61. The summed E-state index contributed by atoms with van der Waals surface area (Å²) >= 11 is 0. The van der Waals surface area contributed by atoms with E-state index in [0.717, 1.165) is 66.3 Å². The van der Waals surface area contributed by atoms with Crippen LogP contribution in [0.5, 0.6) is 0 Å². The minimum Gasteiger partial charge on any atom is -0.356 e. The quantitative estimate of drug-likeness (QED) is 0.499. The number of aryl methyl sites for hydroxylation is 1. The Morgan fingerprint density at radius 1 is 1.12 bits per heavy atom. The predicted octanol–water partition coefficient (Wildman–Crippen LogP) is 5.76. The molecule has 1 N–H and O–H groups in total. The highest BCUT2D eigenvalue weighted by atomic mass is 16.5. The van der Waals surface area contributed by atoms with Crippen molar-refractivity contribution in [3.8, 4) is 11.3 Å². The number of carbonyl (C=O) groups is 1. The third-order valence-corrected chi connectivity index (χ3v) is 6.74. The van der Waals surface area contributed by atoms with Gasteiger partial charge in [0.15, 0.2) is 5.76 Å². The van der Waals surface area contributed by atoms with Gasteiger partial charge in [-0.1, -0.05) is 49.3 Å². The Morgan fingerprint density at radius 2 is 1.85 bits per heavy atom. The van der Waals surface area contributed by atoms with Crippen LogP contribution in [0.3, 0.4) is 0 Å². The molecule has 2 heterocycles. The third-order valence-electron chi connectivity index (χ3n) is 6.74. The van der Waals surface area contributed by atoms with Gasteiger partial charge in [-0.2, -0.15) is 0 Å². The van der Waals surface area contributed by atoms with E-state index in [4.69, 9.17) is 9.51 Å². The molecule has 3 aromatic rings. The minimum absolute atomic E-state index is 0.101. The molecule has 2 aromatic heterocycles. The van der Waals surface area contributed by atoms with Crippen LogP contribution >= 0.6 is 0 Å². The highest BCUT2D eigenvalue weighted by Crippen LogP contribution is 2.39. The zero-order valence-electron chi connectivity index (χ0n) is 20.0. The first-order valence-electron chi connectivity index (χ1n) is 12.1. The fourth-order valence-electron chi connectivity index (χ4n) is 4.61. The smallest absolute Gasteiger partial charge is 0.227 e. The molecule has 33 heavy (non-hydrogen) atoms. The van der Waals surface area contributed by atoms with E-state index in [2.05, 4.69) is 29.3 Å². The Kier molecular flexibility index (Phi) is 7.21. The SMILES string of the molecule is Cc1cc(-c2cnc(C(C)C)nc2C2CCC(CNC(=O)[C@@H](C)c3ccccc3)CC2)on1. The van der Waals surface area contributed by atoms with Crippen molar-refractivity contribution >= 4 is 5.91 Å². The van der Waals surface area contributed by atoms with Crippen LogP contribution in [-0.4, -0.2) is 27.6 Å². The number of carbonyl (C=O) groups excluding carboxylic acids is 1. The number of rotatable bonds is 7. The number of benzene rings is 1. The summed E-state index contributed by atoms with van der Waals surface area (Å²) < 4.78 is 5.55. The van der Waals surface area contributed by atoms with Gasteiger partial charge in [0.25, 0.3) is 0 Å². The molecule has 1 aliphatic rings. The van der Waals surface area contributed by atoms with E-state index in [-0.39, 0.29) is 17.7 Å². The first kappa shape index (κ1) is 23.1. The zero-order valence-corrected chi connectivity index (χ0v) is 20.0. The summed E-state index contributed by atoms with van der Waals surface area (Å²) in [4.78, 5) is 22.2. The van der Waals surface area contributed by atoms with E-state index < -0.39 is 0 Å². The Labute approximate surface area is 196 Å². The van der Waals surface area contributed by atoms with Crippen molar-refractivity contribution in [3.05, 3.63) is 65.4 Å². The lowest BCUT2D eigenvalue weighted by molar-refractivity contribution is -0.122. The Morgan fingerprint density at radius 3 is 2.48 bits per heavy atom. The van der Waals surface area contributed by atoms with Crippen LogP contribution in [0.25, 0.3) is 11.3 Å². The van der Waals surface area contributed by atoms with Crippen molar-refractivity contribution < 1.29 is 9.32 Å². The molecular formula is C27H34N4O2. The summed E-state index contributed by atoms with van der Waals surface area (Å²) in [7, 11) is 0.